The number of halogens is 1. The zero-order valence-electron chi connectivity index (χ0n) is 20.8. The largest absolute Gasteiger partial charge is 0.0622 e. The van der Waals surface area contributed by atoms with Crippen LogP contribution in [0.25, 0.3) is 0 Å². The summed E-state index contributed by atoms with van der Waals surface area (Å²) in [6, 6.07) is 32.3. The average molecular weight is 632 g/mol. The van der Waals surface area contributed by atoms with E-state index in [-0.39, 0.29) is 11.6 Å². The number of Topliss-reactive ketones (excluding diaryl/α,β-unsaturated/α-hetero) is 1. The molecule has 3 aliphatic heterocycles. The van der Waals surface area contributed by atoms with Crippen LogP contribution < -0.4 is 15.9 Å². The van der Waals surface area contributed by atoms with Gasteiger partial charge in [-0.1, -0.05) is 91.0 Å². The predicted molar refractivity (Wildman–Crippen MR) is 151 cm³/mol. The molecule has 0 amide bonds. The summed E-state index contributed by atoms with van der Waals surface area (Å²) in [6.45, 7) is 5.41. The van der Waals surface area contributed by atoms with Crippen LogP contribution in [0.15, 0.2) is 114 Å². The van der Waals surface area contributed by atoms with Gasteiger partial charge in [0.05, 0.1) is 5.70 Å². The van der Waals surface area contributed by atoms with Gasteiger partial charge < -0.3 is 14.7 Å². The van der Waals surface area contributed by atoms with E-state index in [0.29, 0.717) is 17.1 Å². The minimum atomic E-state index is -0.446. The Morgan fingerprint density at radius 3 is 1.29 bits per heavy atom. The normalized spacial score (nSPS) is 17.4. The van der Waals surface area contributed by atoms with Crippen LogP contribution >= 0.6 is 17.6 Å². The summed E-state index contributed by atoms with van der Waals surface area (Å²) in [4.78, 5) is 30.5. The number of rotatable bonds is 6. The number of nitrogens with zero attached hydrogens (tertiary/aromatic N) is 3. The second-order valence-electron chi connectivity index (χ2n) is 9.22. The number of allylic oxidation sites excluding steroid dienone is 1. The molecule has 0 saturated carbocycles. The molecule has 3 heterocycles. The van der Waals surface area contributed by atoms with E-state index in [4.69, 9.17) is 0 Å². The van der Waals surface area contributed by atoms with E-state index in [1.165, 1.54) is 22.0 Å². The predicted octanol–water partition coefficient (Wildman–Crippen LogP) is 3.31. The maximum absolute atomic E-state index is 12.4. The summed E-state index contributed by atoms with van der Waals surface area (Å²) in [6.07, 6.45) is 1.52. The molecule has 0 atom stereocenters. The quantitative estimate of drug-likeness (QED) is 0.181. The fraction of sp³-hybridized carbons (Fsp3) is 0.200. The molecule has 4 aliphatic rings. The molecule has 3 aromatic carbocycles. The third-order valence-corrected chi connectivity index (χ3v) is 8.97. The second-order valence-corrected chi connectivity index (χ2v) is 11.4. The Morgan fingerprint density at radius 1 is 0.553 bits per heavy atom. The first-order chi connectivity index (χ1) is 18.7. The van der Waals surface area contributed by atoms with Gasteiger partial charge in [-0.05, 0) is 23.8 Å². The molecule has 0 N–H and O–H groups in total. The van der Waals surface area contributed by atoms with E-state index in [0.717, 1.165) is 39.3 Å². The van der Waals surface area contributed by atoms with Crippen molar-refractivity contribution in [3.63, 3.8) is 0 Å². The van der Waals surface area contributed by atoms with Crippen LogP contribution in [0.3, 0.4) is 0 Å². The molecular formula is C30H28ClN3O2PRh. The molecule has 0 bridgehead atoms. The van der Waals surface area contributed by atoms with Crippen LogP contribution in [0.1, 0.15) is 0 Å². The van der Waals surface area contributed by atoms with Crippen LogP contribution in [0.5, 0.6) is 0 Å². The van der Waals surface area contributed by atoms with Crippen molar-refractivity contribution >= 4 is 45.1 Å². The summed E-state index contributed by atoms with van der Waals surface area (Å²) in [5, 5.41) is 4.19. The summed E-state index contributed by atoms with van der Waals surface area (Å²) in [5.74, 6) is 0.0485. The molecule has 38 heavy (non-hydrogen) atoms. The van der Waals surface area contributed by atoms with Gasteiger partial charge in [-0.25, -0.2) is 0 Å². The fourth-order valence-corrected chi connectivity index (χ4v) is 6.76. The first-order valence-electron chi connectivity index (χ1n) is 12.6. The smallest absolute Gasteiger partial charge is 0.0134 e. The molecule has 5 nitrogen and oxygen atoms in total. The first kappa shape index (κ1) is 26.8. The zero-order chi connectivity index (χ0) is 26.5. The van der Waals surface area contributed by atoms with Crippen molar-refractivity contribution in [1.29, 1.82) is 0 Å². The van der Waals surface area contributed by atoms with Gasteiger partial charge in [-0.3, -0.25) is 9.59 Å². The van der Waals surface area contributed by atoms with Gasteiger partial charge in [0.25, 0.3) is 0 Å². The van der Waals surface area contributed by atoms with Gasteiger partial charge in [0.1, 0.15) is 11.4 Å². The molecule has 0 radical (unpaired) electrons. The van der Waals surface area contributed by atoms with E-state index >= 15 is 0 Å². The molecular weight excluding hydrogens is 604 g/mol. The summed E-state index contributed by atoms with van der Waals surface area (Å²) < 4.78 is 0. The van der Waals surface area contributed by atoms with E-state index in [9.17, 15) is 9.59 Å². The number of carbonyl (C=O) groups is 2. The van der Waals surface area contributed by atoms with Crippen LogP contribution in [0, 0.1) is 0 Å². The van der Waals surface area contributed by atoms with Crippen molar-refractivity contribution in [2.24, 2.45) is 0 Å². The van der Waals surface area contributed by atoms with Gasteiger partial charge in [0, 0.05) is 45.3 Å². The van der Waals surface area contributed by atoms with E-state index < -0.39 is 7.92 Å². The Balaban J connectivity index is 0.000000146. The summed E-state index contributed by atoms with van der Waals surface area (Å²) in [7, 11) is 4.08. The number of carbonyl (C=O) groups excluding carboxylic acids is 2. The SMILES string of the molecule is O=C1C=C(N2CC2)C(=O)C(N2CC2)=C1N1CC1.[Cl][Rh].c1ccc(P(c2ccccc2)c2ccccc2)cc1. The Morgan fingerprint density at radius 2 is 0.921 bits per heavy atom. The summed E-state index contributed by atoms with van der Waals surface area (Å²) in [5.41, 5.74) is 1.89. The molecule has 3 saturated heterocycles. The minimum Gasteiger partial charge on any atom is -0.0622 e. The molecule has 0 aromatic heterocycles. The number of ketones is 2. The van der Waals surface area contributed by atoms with Gasteiger partial charge in [0.2, 0.25) is 11.6 Å². The van der Waals surface area contributed by atoms with Crippen molar-refractivity contribution in [2.75, 3.05) is 39.3 Å². The van der Waals surface area contributed by atoms with Gasteiger partial charge >= 0.3 is 27.0 Å². The van der Waals surface area contributed by atoms with Crippen molar-refractivity contribution in [1.82, 2.24) is 14.7 Å². The van der Waals surface area contributed by atoms with Crippen molar-refractivity contribution in [2.45, 2.75) is 0 Å². The van der Waals surface area contributed by atoms with Crippen molar-refractivity contribution < 1.29 is 26.9 Å². The van der Waals surface area contributed by atoms with Gasteiger partial charge in [-0.2, -0.15) is 0 Å². The topological polar surface area (TPSA) is 43.2 Å². The standard InChI is InChI=1S/C18H15P.C12H13N3O2.ClH.Rh/c1-4-10-16(11-5-1)19(17-12-6-2-7-13-17)18-14-8-3-9-15-18;16-9-7-8(13-1-2-13)12(17)11(15-5-6-15)10(9)14-3-4-14;;/h1-15H;7H,1-6H2;1H;/q;;;+1/p-1. The van der Waals surface area contributed by atoms with E-state index in [2.05, 4.69) is 101 Å². The average Bonchev–Trinajstić information content (AvgIpc) is 3.81. The fourth-order valence-electron chi connectivity index (χ4n) is 4.45. The van der Waals surface area contributed by atoms with Gasteiger partial charge in [-0.15, -0.1) is 0 Å². The number of hydrogen-bond donors (Lipinski definition) is 0. The monoisotopic (exact) mass is 631 g/mol. The Hall–Kier alpha value is -2.78. The third kappa shape index (κ3) is 6.26. The van der Waals surface area contributed by atoms with E-state index in [1.807, 2.05) is 32.0 Å². The zero-order valence-corrected chi connectivity index (χ0v) is 24.1. The van der Waals surface area contributed by atoms with Crippen LogP contribution in [0.4, 0.5) is 0 Å². The van der Waals surface area contributed by atoms with E-state index in [1.54, 1.807) is 0 Å². The molecule has 3 fully saturated rings. The Bertz CT molecular complexity index is 1250. The first-order valence-corrected chi connectivity index (χ1v) is 16.0. The molecule has 0 unspecified atom stereocenters. The third-order valence-electron chi connectivity index (χ3n) is 6.53. The van der Waals surface area contributed by atoms with Crippen LogP contribution in [-0.2, 0) is 26.9 Å². The maximum Gasteiger partial charge on any atom is -0.0134 e. The molecule has 7 rings (SSSR count). The minimum absolute atomic E-state index is 0.00546. The molecule has 8 heteroatoms. The molecule has 0 spiro atoms. The Kier molecular flexibility index (Phi) is 8.74. The van der Waals surface area contributed by atoms with Crippen molar-refractivity contribution in [3.05, 3.63) is 114 Å². The maximum atomic E-state index is 12.4. The Labute approximate surface area is 239 Å². The molecule has 196 valence electrons. The number of benzene rings is 3. The number of hydrogen-bond acceptors (Lipinski definition) is 5. The molecule has 1 aliphatic carbocycles. The van der Waals surface area contributed by atoms with Crippen LogP contribution in [-0.4, -0.2) is 65.5 Å². The summed E-state index contributed by atoms with van der Waals surface area (Å²) >= 11 is 2.02. The van der Waals surface area contributed by atoms with Crippen molar-refractivity contribution in [3.8, 4) is 0 Å². The van der Waals surface area contributed by atoms with Gasteiger partial charge in [0.15, 0.2) is 0 Å². The second kappa shape index (κ2) is 12.4. The van der Waals surface area contributed by atoms with Crippen LogP contribution in [0.2, 0.25) is 0 Å². The molecule has 3 aromatic rings.